The van der Waals surface area contributed by atoms with Crippen molar-refractivity contribution >= 4 is 0 Å². The van der Waals surface area contributed by atoms with E-state index in [2.05, 4.69) is 18.3 Å². The van der Waals surface area contributed by atoms with Crippen LogP contribution in [-0.2, 0) is 6.54 Å². The second-order valence-corrected chi connectivity index (χ2v) is 4.03. The van der Waals surface area contributed by atoms with E-state index in [0.717, 1.165) is 23.5 Å². The van der Waals surface area contributed by atoms with Gasteiger partial charge in [-0.05, 0) is 12.5 Å². The molecule has 0 saturated carbocycles. The van der Waals surface area contributed by atoms with Gasteiger partial charge in [0.25, 0.3) is 0 Å². The molecule has 98 valence electrons. The van der Waals surface area contributed by atoms with Gasteiger partial charge >= 0.3 is 0 Å². The minimum absolute atomic E-state index is 0.224. The third kappa shape index (κ3) is 3.94. The maximum atomic E-state index is 8.70. The van der Waals surface area contributed by atoms with Crippen molar-refractivity contribution in [3.63, 3.8) is 0 Å². The lowest BCUT2D eigenvalue weighted by Gasteiger charge is -2.15. The first kappa shape index (κ1) is 14.3. The number of hydrogen-bond acceptors (Lipinski definition) is 4. The number of benzene rings is 1. The summed E-state index contributed by atoms with van der Waals surface area (Å²) in [4.78, 5) is 0. The molecule has 0 fully saturated rings. The quantitative estimate of drug-likeness (QED) is 0.805. The number of methoxy groups -OCH3 is 2. The molecule has 1 N–H and O–H groups in total. The molecule has 0 saturated heterocycles. The van der Waals surface area contributed by atoms with Crippen LogP contribution in [0, 0.1) is 11.3 Å². The summed E-state index contributed by atoms with van der Waals surface area (Å²) in [6.07, 6.45) is 1.46. The SMILES string of the molecule is CCC(CC#N)NCc1ccc(OC)cc1OC. The molecule has 0 aliphatic rings. The van der Waals surface area contributed by atoms with E-state index in [-0.39, 0.29) is 6.04 Å². The number of nitriles is 1. The van der Waals surface area contributed by atoms with Gasteiger partial charge in [0.1, 0.15) is 11.5 Å². The minimum atomic E-state index is 0.224. The zero-order valence-electron chi connectivity index (χ0n) is 11.2. The molecule has 0 spiro atoms. The van der Waals surface area contributed by atoms with E-state index in [4.69, 9.17) is 14.7 Å². The van der Waals surface area contributed by atoms with Gasteiger partial charge in [-0.25, -0.2) is 0 Å². The highest BCUT2D eigenvalue weighted by Crippen LogP contribution is 2.24. The van der Waals surface area contributed by atoms with E-state index in [0.29, 0.717) is 13.0 Å². The van der Waals surface area contributed by atoms with Crippen LogP contribution in [0.4, 0.5) is 0 Å². The largest absolute Gasteiger partial charge is 0.497 e. The molecule has 0 aromatic heterocycles. The van der Waals surface area contributed by atoms with E-state index in [1.54, 1.807) is 14.2 Å². The summed E-state index contributed by atoms with van der Waals surface area (Å²) in [5, 5.41) is 12.1. The Morgan fingerprint density at radius 1 is 1.33 bits per heavy atom. The zero-order chi connectivity index (χ0) is 13.4. The highest BCUT2D eigenvalue weighted by atomic mass is 16.5. The number of nitrogens with zero attached hydrogens (tertiary/aromatic N) is 1. The fourth-order valence-corrected chi connectivity index (χ4v) is 1.72. The first-order chi connectivity index (χ1) is 8.74. The van der Waals surface area contributed by atoms with E-state index in [1.165, 1.54) is 0 Å². The van der Waals surface area contributed by atoms with Crippen LogP contribution >= 0.6 is 0 Å². The van der Waals surface area contributed by atoms with Crippen molar-refractivity contribution in [3.05, 3.63) is 23.8 Å². The van der Waals surface area contributed by atoms with Gasteiger partial charge in [0.15, 0.2) is 0 Å². The van der Waals surface area contributed by atoms with Crippen molar-refractivity contribution in [2.24, 2.45) is 0 Å². The first-order valence-corrected chi connectivity index (χ1v) is 6.06. The molecule has 1 atom stereocenters. The van der Waals surface area contributed by atoms with Crippen LogP contribution in [0.1, 0.15) is 25.3 Å². The molecular formula is C14H20N2O2. The minimum Gasteiger partial charge on any atom is -0.497 e. The lowest BCUT2D eigenvalue weighted by Crippen LogP contribution is -2.27. The van der Waals surface area contributed by atoms with E-state index in [9.17, 15) is 0 Å². The van der Waals surface area contributed by atoms with Crippen LogP contribution in [0.5, 0.6) is 11.5 Å². The summed E-state index contributed by atoms with van der Waals surface area (Å²) in [5.41, 5.74) is 1.06. The number of ether oxygens (including phenoxy) is 2. The van der Waals surface area contributed by atoms with Gasteiger partial charge in [-0.2, -0.15) is 5.26 Å². The zero-order valence-corrected chi connectivity index (χ0v) is 11.2. The van der Waals surface area contributed by atoms with Crippen LogP contribution < -0.4 is 14.8 Å². The van der Waals surface area contributed by atoms with E-state index in [1.807, 2.05) is 18.2 Å². The lowest BCUT2D eigenvalue weighted by atomic mass is 10.1. The molecule has 0 amide bonds. The molecule has 18 heavy (non-hydrogen) atoms. The summed E-state index contributed by atoms with van der Waals surface area (Å²) in [7, 11) is 3.28. The van der Waals surface area contributed by atoms with Crippen LogP contribution in [-0.4, -0.2) is 20.3 Å². The third-order valence-electron chi connectivity index (χ3n) is 2.91. The van der Waals surface area contributed by atoms with Gasteiger partial charge in [0, 0.05) is 24.2 Å². The van der Waals surface area contributed by atoms with Gasteiger partial charge < -0.3 is 14.8 Å². The summed E-state index contributed by atoms with van der Waals surface area (Å²) < 4.78 is 10.5. The predicted molar refractivity (Wildman–Crippen MR) is 70.7 cm³/mol. The van der Waals surface area contributed by atoms with Crippen LogP contribution in [0.15, 0.2) is 18.2 Å². The first-order valence-electron chi connectivity index (χ1n) is 6.06. The molecule has 0 heterocycles. The van der Waals surface area contributed by atoms with Crippen molar-refractivity contribution in [1.82, 2.24) is 5.32 Å². The summed E-state index contributed by atoms with van der Waals surface area (Å²) in [5.74, 6) is 1.58. The molecule has 0 aliphatic heterocycles. The fraction of sp³-hybridized carbons (Fsp3) is 0.500. The fourth-order valence-electron chi connectivity index (χ4n) is 1.72. The van der Waals surface area contributed by atoms with Gasteiger partial charge in [0.05, 0.1) is 26.7 Å². The molecule has 0 radical (unpaired) electrons. The second kappa shape index (κ2) is 7.57. The number of hydrogen-bond donors (Lipinski definition) is 1. The highest BCUT2D eigenvalue weighted by Gasteiger charge is 2.08. The lowest BCUT2D eigenvalue weighted by molar-refractivity contribution is 0.388. The van der Waals surface area contributed by atoms with Gasteiger partial charge in [0.2, 0.25) is 0 Å². The Morgan fingerprint density at radius 3 is 2.67 bits per heavy atom. The molecule has 1 aromatic rings. The molecule has 0 aliphatic carbocycles. The van der Waals surface area contributed by atoms with Gasteiger partial charge in [-0.15, -0.1) is 0 Å². The van der Waals surface area contributed by atoms with Crippen molar-refractivity contribution in [1.29, 1.82) is 5.26 Å². The topological polar surface area (TPSA) is 54.3 Å². The molecule has 4 nitrogen and oxygen atoms in total. The summed E-state index contributed by atoms with van der Waals surface area (Å²) >= 11 is 0. The van der Waals surface area contributed by atoms with E-state index >= 15 is 0 Å². The molecule has 0 bridgehead atoms. The summed E-state index contributed by atoms with van der Waals surface area (Å²) in [6.45, 7) is 2.76. The number of nitrogens with one attached hydrogen (secondary N) is 1. The Balaban J connectivity index is 2.69. The molecular weight excluding hydrogens is 228 g/mol. The monoisotopic (exact) mass is 248 g/mol. The van der Waals surface area contributed by atoms with Crippen molar-refractivity contribution < 1.29 is 9.47 Å². The van der Waals surface area contributed by atoms with Crippen LogP contribution in [0.25, 0.3) is 0 Å². The van der Waals surface area contributed by atoms with Crippen LogP contribution in [0.3, 0.4) is 0 Å². The Morgan fingerprint density at radius 2 is 2.11 bits per heavy atom. The Labute approximate surface area is 109 Å². The Bertz CT molecular complexity index is 413. The standard InChI is InChI=1S/C14H20N2O2/c1-4-12(7-8-15)16-10-11-5-6-13(17-2)9-14(11)18-3/h5-6,9,12,16H,4,7,10H2,1-3H3. The maximum absolute atomic E-state index is 8.70. The average molecular weight is 248 g/mol. The van der Waals surface area contributed by atoms with Crippen molar-refractivity contribution in [3.8, 4) is 17.6 Å². The highest BCUT2D eigenvalue weighted by molar-refractivity contribution is 5.40. The van der Waals surface area contributed by atoms with Gasteiger partial charge in [-0.3, -0.25) is 0 Å². The Hall–Kier alpha value is -1.73. The summed E-state index contributed by atoms with van der Waals surface area (Å²) in [6, 6.07) is 8.16. The molecule has 1 aromatic carbocycles. The van der Waals surface area contributed by atoms with Crippen molar-refractivity contribution in [2.45, 2.75) is 32.4 Å². The predicted octanol–water partition coefficient (Wildman–Crippen LogP) is 2.49. The van der Waals surface area contributed by atoms with Gasteiger partial charge in [-0.1, -0.05) is 13.0 Å². The van der Waals surface area contributed by atoms with Crippen LogP contribution in [0.2, 0.25) is 0 Å². The van der Waals surface area contributed by atoms with Crippen molar-refractivity contribution in [2.75, 3.05) is 14.2 Å². The molecule has 4 heteroatoms. The number of rotatable bonds is 7. The third-order valence-corrected chi connectivity index (χ3v) is 2.91. The molecule has 1 rings (SSSR count). The maximum Gasteiger partial charge on any atom is 0.127 e. The molecule has 1 unspecified atom stereocenters. The smallest absolute Gasteiger partial charge is 0.127 e. The second-order valence-electron chi connectivity index (χ2n) is 4.03. The average Bonchev–Trinajstić information content (AvgIpc) is 2.43. The Kier molecular flexibility index (Phi) is 6.03. The van der Waals surface area contributed by atoms with E-state index < -0.39 is 0 Å². The normalized spacial score (nSPS) is 11.7.